The topological polar surface area (TPSA) is 79.6 Å². The smallest absolute Gasteiger partial charge is 0.174 e. The minimum atomic E-state index is 0.0481. The van der Waals surface area contributed by atoms with Crippen molar-refractivity contribution >= 4 is 34.4 Å². The van der Waals surface area contributed by atoms with E-state index >= 15 is 0 Å². The van der Waals surface area contributed by atoms with E-state index in [0.29, 0.717) is 17.9 Å². The highest BCUT2D eigenvalue weighted by molar-refractivity contribution is 5.98. The Kier molecular flexibility index (Phi) is 4.86. The molecule has 2 aromatic heterocycles. The van der Waals surface area contributed by atoms with Crippen LogP contribution in [0.3, 0.4) is 0 Å². The number of carbonyl (C=O) groups excluding carboxylic acids is 1. The summed E-state index contributed by atoms with van der Waals surface area (Å²) >= 11 is 0. The molecule has 0 fully saturated rings. The van der Waals surface area contributed by atoms with Crippen molar-refractivity contribution in [3.63, 3.8) is 0 Å². The molecule has 0 saturated heterocycles. The second-order valence-electron chi connectivity index (χ2n) is 5.37. The van der Waals surface area contributed by atoms with Gasteiger partial charge in [-0.2, -0.15) is 0 Å². The molecule has 1 aromatic carbocycles. The van der Waals surface area contributed by atoms with Gasteiger partial charge in [-0.05, 0) is 43.3 Å². The maximum Gasteiger partial charge on any atom is 0.174 e. The van der Waals surface area contributed by atoms with Crippen molar-refractivity contribution in [3.8, 4) is 0 Å². The number of hydrogen-bond acceptors (Lipinski definition) is 6. The molecule has 6 nitrogen and oxygen atoms in total. The van der Waals surface area contributed by atoms with Crippen LogP contribution in [0.25, 0.3) is 10.9 Å². The van der Waals surface area contributed by atoms with Gasteiger partial charge in [0.2, 0.25) is 0 Å². The van der Waals surface area contributed by atoms with Gasteiger partial charge in [0.1, 0.15) is 12.0 Å². The lowest BCUT2D eigenvalue weighted by Crippen LogP contribution is -2.15. The average molecular weight is 319 g/mol. The molecule has 0 saturated carbocycles. The lowest BCUT2D eigenvalue weighted by atomic mass is 10.1. The standard InChI is InChI=1S/C18H17N5O/c1-13(9-12-24)21-15-7-8-16(18-14(15)5-4-11-20-18)22-23-17-6-2-3-10-19-17/h2-8,10-13,21H,9H2,1H3. The second kappa shape index (κ2) is 7.41. The zero-order chi connectivity index (χ0) is 16.8. The first-order valence-corrected chi connectivity index (χ1v) is 7.68. The number of aromatic nitrogens is 2. The largest absolute Gasteiger partial charge is 0.382 e. The third kappa shape index (κ3) is 3.60. The Balaban J connectivity index is 1.96. The quantitative estimate of drug-likeness (QED) is 0.538. The van der Waals surface area contributed by atoms with E-state index in [4.69, 9.17) is 0 Å². The van der Waals surface area contributed by atoms with Crippen molar-refractivity contribution in [2.45, 2.75) is 19.4 Å². The van der Waals surface area contributed by atoms with Gasteiger partial charge in [0.15, 0.2) is 5.82 Å². The zero-order valence-electron chi connectivity index (χ0n) is 13.3. The van der Waals surface area contributed by atoms with Gasteiger partial charge in [-0.1, -0.05) is 6.07 Å². The number of anilines is 1. The molecule has 6 heteroatoms. The average Bonchev–Trinajstić information content (AvgIpc) is 2.62. The van der Waals surface area contributed by atoms with Crippen LogP contribution in [0.2, 0.25) is 0 Å². The summed E-state index contributed by atoms with van der Waals surface area (Å²) in [6.45, 7) is 1.96. The first-order valence-electron chi connectivity index (χ1n) is 7.68. The van der Waals surface area contributed by atoms with E-state index in [1.54, 1.807) is 18.5 Å². The summed E-state index contributed by atoms with van der Waals surface area (Å²) in [7, 11) is 0. The fourth-order valence-corrected chi connectivity index (χ4v) is 2.35. The molecule has 0 aliphatic heterocycles. The summed E-state index contributed by atoms with van der Waals surface area (Å²) in [5.74, 6) is 0.545. The Bertz CT molecular complexity index is 864. The van der Waals surface area contributed by atoms with E-state index in [0.717, 1.165) is 22.9 Å². The van der Waals surface area contributed by atoms with Crippen LogP contribution in [0.5, 0.6) is 0 Å². The molecule has 120 valence electrons. The first-order chi connectivity index (χ1) is 11.8. The van der Waals surface area contributed by atoms with E-state index < -0.39 is 0 Å². The highest BCUT2D eigenvalue weighted by atomic mass is 16.1. The molecule has 0 aliphatic carbocycles. The maximum absolute atomic E-state index is 10.7. The van der Waals surface area contributed by atoms with E-state index in [-0.39, 0.29) is 6.04 Å². The Morgan fingerprint density at radius 3 is 2.75 bits per heavy atom. The number of fused-ring (bicyclic) bond motifs is 1. The zero-order valence-corrected chi connectivity index (χ0v) is 13.3. The first kappa shape index (κ1) is 15.7. The van der Waals surface area contributed by atoms with Gasteiger partial charge in [-0.3, -0.25) is 4.98 Å². The van der Waals surface area contributed by atoms with Gasteiger partial charge in [-0.15, -0.1) is 10.2 Å². The summed E-state index contributed by atoms with van der Waals surface area (Å²) in [6, 6.07) is 13.2. The van der Waals surface area contributed by atoms with E-state index in [1.807, 2.05) is 43.3 Å². The number of rotatable bonds is 6. The fourth-order valence-electron chi connectivity index (χ4n) is 2.35. The van der Waals surface area contributed by atoms with Crippen molar-refractivity contribution in [2.75, 3.05) is 5.32 Å². The Morgan fingerprint density at radius 1 is 1.08 bits per heavy atom. The Hall–Kier alpha value is -3.15. The SMILES string of the molecule is CC(CC=O)Nc1ccc(N=Nc2ccccn2)c2ncccc12. The summed E-state index contributed by atoms with van der Waals surface area (Å²) in [4.78, 5) is 19.2. The van der Waals surface area contributed by atoms with Crippen LogP contribution in [0.4, 0.5) is 17.2 Å². The summed E-state index contributed by atoms with van der Waals surface area (Å²) < 4.78 is 0. The number of nitrogens with zero attached hydrogens (tertiary/aromatic N) is 4. The third-order valence-corrected chi connectivity index (χ3v) is 3.51. The van der Waals surface area contributed by atoms with Crippen LogP contribution in [0.1, 0.15) is 13.3 Å². The summed E-state index contributed by atoms with van der Waals surface area (Å²) in [5, 5.41) is 12.7. The maximum atomic E-state index is 10.7. The van der Waals surface area contributed by atoms with Crippen LogP contribution < -0.4 is 5.32 Å². The van der Waals surface area contributed by atoms with Crippen LogP contribution in [0, 0.1) is 0 Å². The summed E-state index contributed by atoms with van der Waals surface area (Å²) in [6.07, 6.45) is 4.75. The molecule has 0 spiro atoms. The fraction of sp³-hybridized carbons (Fsp3) is 0.167. The van der Waals surface area contributed by atoms with Crippen LogP contribution in [-0.2, 0) is 4.79 Å². The van der Waals surface area contributed by atoms with Gasteiger partial charge < -0.3 is 10.1 Å². The number of nitrogens with one attached hydrogen (secondary N) is 1. The van der Waals surface area contributed by atoms with Crippen molar-refractivity contribution in [1.29, 1.82) is 0 Å². The lowest BCUT2D eigenvalue weighted by Gasteiger charge is -2.15. The van der Waals surface area contributed by atoms with Gasteiger partial charge in [0, 0.05) is 35.9 Å². The molecule has 3 rings (SSSR count). The number of benzene rings is 1. The van der Waals surface area contributed by atoms with Crippen molar-refractivity contribution < 1.29 is 4.79 Å². The van der Waals surface area contributed by atoms with Crippen LogP contribution >= 0.6 is 0 Å². The highest BCUT2D eigenvalue weighted by Crippen LogP contribution is 2.31. The Morgan fingerprint density at radius 2 is 1.96 bits per heavy atom. The molecule has 0 radical (unpaired) electrons. The molecule has 3 aromatic rings. The number of hydrogen-bond donors (Lipinski definition) is 1. The predicted octanol–water partition coefficient (Wildman–Crippen LogP) is 4.43. The molecule has 1 N–H and O–H groups in total. The predicted molar refractivity (Wildman–Crippen MR) is 93.9 cm³/mol. The minimum absolute atomic E-state index is 0.0481. The molecule has 1 unspecified atom stereocenters. The molecule has 2 heterocycles. The molecular weight excluding hydrogens is 302 g/mol. The number of azo groups is 1. The molecule has 24 heavy (non-hydrogen) atoms. The van der Waals surface area contributed by atoms with E-state index in [1.165, 1.54) is 0 Å². The minimum Gasteiger partial charge on any atom is -0.382 e. The number of aldehydes is 1. The molecule has 0 aliphatic rings. The lowest BCUT2D eigenvalue weighted by molar-refractivity contribution is -0.107. The van der Waals surface area contributed by atoms with Crippen LogP contribution in [-0.4, -0.2) is 22.3 Å². The molecule has 1 atom stereocenters. The van der Waals surface area contributed by atoms with Crippen molar-refractivity contribution in [1.82, 2.24) is 9.97 Å². The van der Waals surface area contributed by atoms with Gasteiger partial charge in [0.05, 0.1) is 5.52 Å². The normalized spacial score (nSPS) is 12.4. The number of carbonyl (C=O) groups is 1. The number of pyridine rings is 2. The van der Waals surface area contributed by atoms with Gasteiger partial charge >= 0.3 is 0 Å². The molecule has 0 bridgehead atoms. The van der Waals surface area contributed by atoms with E-state index in [9.17, 15) is 4.79 Å². The van der Waals surface area contributed by atoms with Crippen molar-refractivity contribution in [3.05, 3.63) is 54.9 Å². The Labute approximate surface area is 139 Å². The van der Waals surface area contributed by atoms with Gasteiger partial charge in [0.25, 0.3) is 0 Å². The highest BCUT2D eigenvalue weighted by Gasteiger charge is 2.09. The second-order valence-corrected chi connectivity index (χ2v) is 5.37. The van der Waals surface area contributed by atoms with Gasteiger partial charge in [-0.25, -0.2) is 4.98 Å². The van der Waals surface area contributed by atoms with Crippen molar-refractivity contribution in [2.24, 2.45) is 10.2 Å². The van der Waals surface area contributed by atoms with E-state index in [2.05, 4.69) is 25.5 Å². The molecule has 0 amide bonds. The molecular formula is C18H17N5O. The third-order valence-electron chi connectivity index (χ3n) is 3.51. The monoisotopic (exact) mass is 319 g/mol. The summed E-state index contributed by atoms with van der Waals surface area (Å²) in [5.41, 5.74) is 2.34. The van der Waals surface area contributed by atoms with Crippen LogP contribution in [0.15, 0.2) is 65.1 Å².